The molecule has 0 spiro atoms. The molecule has 0 radical (unpaired) electrons. The fourth-order valence-electron chi connectivity index (χ4n) is 9.89. The fourth-order valence-corrected chi connectivity index (χ4v) is 9.89. The summed E-state index contributed by atoms with van der Waals surface area (Å²) >= 11 is 0. The third-order valence-electron chi connectivity index (χ3n) is 13.5. The Morgan fingerprint density at radius 2 is 1.04 bits per heavy atom. The van der Waals surface area contributed by atoms with Crippen LogP contribution in [-0.2, 0) is 10.8 Å². The number of benzene rings is 8. The molecule has 0 unspecified atom stereocenters. The number of fused-ring (bicyclic) bond motifs is 4. The predicted octanol–water partition coefficient (Wildman–Crippen LogP) is 17.1. The Hall–Kier alpha value is -7.89. The fraction of sp³-hybridized carbons (Fsp3) is 0.159. The van der Waals surface area contributed by atoms with E-state index in [1.54, 1.807) is 0 Å². The van der Waals surface area contributed by atoms with E-state index in [0.717, 1.165) is 61.9 Å². The van der Waals surface area contributed by atoms with Gasteiger partial charge >= 0.3 is 0 Å². The number of pyridine rings is 1. The van der Waals surface area contributed by atoms with Gasteiger partial charge in [-0.1, -0.05) is 169 Å². The number of hydrogen-bond acceptors (Lipinski definition) is 4. The van der Waals surface area contributed by atoms with Crippen molar-refractivity contribution in [2.75, 3.05) is 16.5 Å². The maximum absolute atomic E-state index is 7.07. The van der Waals surface area contributed by atoms with Crippen LogP contribution < -0.4 is 14.5 Å². The van der Waals surface area contributed by atoms with Gasteiger partial charge in [-0.2, -0.15) is 0 Å². The molecule has 5 heteroatoms. The summed E-state index contributed by atoms with van der Waals surface area (Å²) < 4.78 is 9.37. The molecule has 0 fully saturated rings. The standard InChI is InChI=1S/C63H56N4O/c1-42-34-60(64-40-55(42)45-24-15-10-16-25-45)67-56-33-30-46(62(2,3)4)37-54(56)53-32-31-49(39-59(53)67)68-50-36-47(63(5,6)7)35-48(38-50)65-41-66(58-29-18-17-28-57(58)65)61-51(43-20-11-8-12-21-43)26-19-27-52(61)44-22-13-9-14-23-44/h8-40H,41H2,1-7H3. The van der Waals surface area contributed by atoms with Gasteiger partial charge in [-0.3, -0.25) is 4.57 Å². The van der Waals surface area contributed by atoms with Crippen molar-refractivity contribution in [2.45, 2.75) is 59.3 Å². The highest BCUT2D eigenvalue weighted by atomic mass is 16.5. The van der Waals surface area contributed by atoms with Crippen LogP contribution in [0.5, 0.6) is 11.5 Å². The number of aryl methyl sites for hydroxylation is 1. The van der Waals surface area contributed by atoms with Gasteiger partial charge in [-0.15, -0.1) is 0 Å². The molecule has 0 N–H and O–H groups in total. The normalized spacial score (nSPS) is 12.8. The Labute approximate surface area is 400 Å². The second kappa shape index (κ2) is 16.8. The molecule has 3 heterocycles. The smallest absolute Gasteiger partial charge is 0.137 e. The Kier molecular flexibility index (Phi) is 10.5. The number of rotatable bonds is 8. The molecule has 0 bridgehead atoms. The molecule has 10 aromatic rings. The Morgan fingerprint density at radius 1 is 0.456 bits per heavy atom. The molecular formula is C63H56N4O. The van der Waals surface area contributed by atoms with Gasteiger partial charge in [0, 0.05) is 51.5 Å². The van der Waals surface area contributed by atoms with Crippen molar-refractivity contribution in [1.82, 2.24) is 9.55 Å². The topological polar surface area (TPSA) is 33.5 Å². The average molecular weight is 885 g/mol. The first-order valence-corrected chi connectivity index (χ1v) is 23.7. The third-order valence-corrected chi connectivity index (χ3v) is 13.5. The SMILES string of the molecule is Cc1cc(-n2c3ccc(C(C)(C)C)cc3c3ccc(Oc4cc(N5CN(c6c(-c7ccccc7)cccc6-c6ccccc6)c6ccccc65)cc(C(C)(C)C)c4)cc32)ncc1-c1ccccc1. The van der Waals surface area contributed by atoms with Gasteiger partial charge in [-0.25, -0.2) is 4.98 Å². The van der Waals surface area contributed by atoms with E-state index in [1.165, 1.54) is 50.0 Å². The molecule has 8 aromatic carbocycles. The minimum Gasteiger partial charge on any atom is -0.457 e. The van der Waals surface area contributed by atoms with Crippen molar-refractivity contribution >= 4 is 44.6 Å². The summed E-state index contributed by atoms with van der Waals surface area (Å²) in [5.41, 5.74) is 17.3. The first-order valence-electron chi connectivity index (χ1n) is 23.7. The Balaban J connectivity index is 1.02. The lowest BCUT2D eigenvalue weighted by molar-refractivity contribution is 0.479. The highest BCUT2D eigenvalue weighted by molar-refractivity contribution is 6.10. The molecule has 0 aliphatic carbocycles. The molecular weight excluding hydrogens is 829 g/mol. The summed E-state index contributed by atoms with van der Waals surface area (Å²) in [6.07, 6.45) is 2.02. The van der Waals surface area contributed by atoms with Crippen LogP contribution in [0.2, 0.25) is 0 Å². The summed E-state index contributed by atoms with van der Waals surface area (Å²) in [5, 5.41) is 2.36. The number of nitrogens with zero attached hydrogens (tertiary/aromatic N) is 4. The first kappa shape index (κ1) is 42.7. The van der Waals surface area contributed by atoms with E-state index in [-0.39, 0.29) is 10.8 Å². The second-order valence-corrected chi connectivity index (χ2v) is 20.2. The molecule has 334 valence electrons. The molecule has 0 saturated carbocycles. The lowest BCUT2D eigenvalue weighted by Crippen LogP contribution is -2.25. The molecule has 5 nitrogen and oxygen atoms in total. The number of aromatic nitrogens is 2. The lowest BCUT2D eigenvalue weighted by atomic mass is 9.86. The average Bonchev–Trinajstić information content (AvgIpc) is 3.89. The molecule has 68 heavy (non-hydrogen) atoms. The van der Waals surface area contributed by atoms with E-state index < -0.39 is 0 Å². The highest BCUT2D eigenvalue weighted by Gasteiger charge is 2.32. The van der Waals surface area contributed by atoms with E-state index in [2.05, 4.69) is 257 Å². The zero-order chi connectivity index (χ0) is 46.7. The van der Waals surface area contributed by atoms with E-state index in [0.29, 0.717) is 6.67 Å². The van der Waals surface area contributed by atoms with Crippen LogP contribution in [0.15, 0.2) is 200 Å². The summed E-state index contributed by atoms with van der Waals surface area (Å²) in [7, 11) is 0. The van der Waals surface area contributed by atoms with Crippen molar-refractivity contribution < 1.29 is 4.74 Å². The molecule has 0 amide bonds. The zero-order valence-electron chi connectivity index (χ0n) is 40.0. The summed E-state index contributed by atoms with van der Waals surface area (Å²) in [6.45, 7) is 16.4. The number of para-hydroxylation sites is 3. The molecule has 11 rings (SSSR count). The third kappa shape index (κ3) is 7.78. The van der Waals surface area contributed by atoms with Crippen LogP contribution in [0.3, 0.4) is 0 Å². The molecule has 2 aromatic heterocycles. The van der Waals surface area contributed by atoms with Gasteiger partial charge in [-0.05, 0) is 106 Å². The van der Waals surface area contributed by atoms with Gasteiger partial charge in [0.05, 0.1) is 28.1 Å². The van der Waals surface area contributed by atoms with E-state index in [9.17, 15) is 0 Å². The van der Waals surface area contributed by atoms with Crippen LogP contribution in [0, 0.1) is 6.92 Å². The van der Waals surface area contributed by atoms with Crippen LogP contribution >= 0.6 is 0 Å². The highest BCUT2D eigenvalue weighted by Crippen LogP contribution is 2.51. The van der Waals surface area contributed by atoms with Crippen LogP contribution in [0.25, 0.3) is 61.0 Å². The quantitative estimate of drug-likeness (QED) is 0.152. The largest absolute Gasteiger partial charge is 0.457 e. The van der Waals surface area contributed by atoms with E-state index in [4.69, 9.17) is 9.72 Å². The molecule has 0 atom stereocenters. The van der Waals surface area contributed by atoms with Crippen LogP contribution in [-0.4, -0.2) is 16.2 Å². The predicted molar refractivity (Wildman–Crippen MR) is 286 cm³/mol. The van der Waals surface area contributed by atoms with Crippen molar-refractivity contribution in [2.24, 2.45) is 0 Å². The van der Waals surface area contributed by atoms with Crippen molar-refractivity contribution in [1.29, 1.82) is 0 Å². The monoisotopic (exact) mass is 884 g/mol. The second-order valence-electron chi connectivity index (χ2n) is 20.2. The summed E-state index contributed by atoms with van der Waals surface area (Å²) in [4.78, 5) is 10.1. The van der Waals surface area contributed by atoms with Crippen LogP contribution in [0.1, 0.15) is 58.2 Å². The Morgan fingerprint density at radius 3 is 1.65 bits per heavy atom. The van der Waals surface area contributed by atoms with Crippen LogP contribution in [0.4, 0.5) is 22.7 Å². The minimum atomic E-state index is -0.149. The van der Waals surface area contributed by atoms with Gasteiger partial charge in [0.1, 0.15) is 24.0 Å². The minimum absolute atomic E-state index is 0.00400. The summed E-state index contributed by atoms with van der Waals surface area (Å²) in [6, 6.07) is 69.9. The van der Waals surface area contributed by atoms with Crippen molar-refractivity contribution in [3.05, 3.63) is 217 Å². The maximum atomic E-state index is 7.07. The van der Waals surface area contributed by atoms with E-state index in [1.807, 2.05) is 6.20 Å². The molecule has 1 aliphatic rings. The van der Waals surface area contributed by atoms with E-state index >= 15 is 0 Å². The molecule has 1 aliphatic heterocycles. The van der Waals surface area contributed by atoms with Gasteiger partial charge in [0.2, 0.25) is 0 Å². The number of ether oxygens (including phenoxy) is 1. The first-order chi connectivity index (χ1) is 32.9. The van der Waals surface area contributed by atoms with Gasteiger partial charge in [0.25, 0.3) is 0 Å². The van der Waals surface area contributed by atoms with Gasteiger partial charge < -0.3 is 14.5 Å². The Bertz CT molecular complexity index is 3430. The van der Waals surface area contributed by atoms with Crippen molar-refractivity contribution in [3.8, 4) is 50.7 Å². The lowest BCUT2D eigenvalue weighted by Gasteiger charge is -2.28. The van der Waals surface area contributed by atoms with Crippen molar-refractivity contribution in [3.63, 3.8) is 0 Å². The maximum Gasteiger partial charge on any atom is 0.137 e. The molecule has 0 saturated heterocycles. The van der Waals surface area contributed by atoms with Gasteiger partial charge in [0.15, 0.2) is 0 Å². The summed E-state index contributed by atoms with van der Waals surface area (Å²) in [5.74, 6) is 2.43. The number of hydrogen-bond donors (Lipinski definition) is 0. The zero-order valence-corrected chi connectivity index (χ0v) is 40.0. The number of anilines is 4.